The molecule has 1 aliphatic rings. The van der Waals surface area contributed by atoms with Crippen LogP contribution in [0.25, 0.3) is 0 Å². The van der Waals surface area contributed by atoms with Crippen molar-refractivity contribution in [1.29, 1.82) is 0 Å². The van der Waals surface area contributed by atoms with Crippen molar-refractivity contribution in [2.75, 3.05) is 26.7 Å². The van der Waals surface area contributed by atoms with Crippen LogP contribution in [0.5, 0.6) is 0 Å². The van der Waals surface area contributed by atoms with Crippen LogP contribution < -0.4 is 10.6 Å². The van der Waals surface area contributed by atoms with Gasteiger partial charge in [-0.2, -0.15) is 0 Å². The summed E-state index contributed by atoms with van der Waals surface area (Å²) in [5, 5.41) is 6.54. The standard InChI is InChI=1S/C12H23N3O.HI/c1-3-4-5-8-14-12(13-2)15-10-11-7-6-9-16-11;/h3-4,11H,5-10H2,1-2H3,(H2,13,14,15);1H. The zero-order chi connectivity index (χ0) is 11.6. The quantitative estimate of drug-likeness (QED) is 0.261. The highest BCUT2D eigenvalue weighted by atomic mass is 127. The van der Waals surface area contributed by atoms with Crippen LogP contribution in [0.4, 0.5) is 0 Å². The molecule has 5 heteroatoms. The molecule has 0 aromatic rings. The Bertz CT molecular complexity index is 238. The maximum absolute atomic E-state index is 5.53. The van der Waals surface area contributed by atoms with Gasteiger partial charge in [-0.25, -0.2) is 0 Å². The minimum atomic E-state index is 0. The fourth-order valence-electron chi connectivity index (χ4n) is 1.68. The summed E-state index contributed by atoms with van der Waals surface area (Å²) in [6, 6.07) is 0. The van der Waals surface area contributed by atoms with Crippen LogP contribution >= 0.6 is 24.0 Å². The SMILES string of the molecule is CC=CCCNC(=NC)NCC1CCCO1.I. The number of guanidine groups is 1. The summed E-state index contributed by atoms with van der Waals surface area (Å²) in [6.45, 7) is 4.70. The summed E-state index contributed by atoms with van der Waals surface area (Å²) in [4.78, 5) is 4.16. The molecule has 0 spiro atoms. The van der Waals surface area contributed by atoms with Crippen molar-refractivity contribution in [3.05, 3.63) is 12.2 Å². The second kappa shape index (κ2) is 10.8. The highest BCUT2D eigenvalue weighted by molar-refractivity contribution is 14.0. The van der Waals surface area contributed by atoms with E-state index in [0.29, 0.717) is 6.10 Å². The third kappa shape index (κ3) is 7.59. The van der Waals surface area contributed by atoms with Gasteiger partial charge in [0.05, 0.1) is 6.10 Å². The molecule has 2 N–H and O–H groups in total. The Hall–Kier alpha value is -0.300. The number of aliphatic imine (C=N–C) groups is 1. The van der Waals surface area contributed by atoms with E-state index < -0.39 is 0 Å². The lowest BCUT2D eigenvalue weighted by Gasteiger charge is -2.14. The number of hydrogen-bond acceptors (Lipinski definition) is 2. The summed E-state index contributed by atoms with van der Waals surface area (Å²) < 4.78 is 5.53. The molecule has 0 saturated carbocycles. The molecule has 1 saturated heterocycles. The fraction of sp³-hybridized carbons (Fsp3) is 0.750. The average Bonchev–Trinajstić information content (AvgIpc) is 2.81. The number of ether oxygens (including phenoxy) is 1. The molecule has 0 amide bonds. The molecule has 1 heterocycles. The number of nitrogens with zero attached hydrogens (tertiary/aromatic N) is 1. The van der Waals surface area contributed by atoms with Crippen LogP contribution in [-0.4, -0.2) is 38.8 Å². The minimum Gasteiger partial charge on any atom is -0.376 e. The molecule has 1 atom stereocenters. The first-order valence-corrected chi connectivity index (χ1v) is 6.04. The van der Waals surface area contributed by atoms with Crippen LogP contribution in [0.1, 0.15) is 26.2 Å². The van der Waals surface area contributed by atoms with Gasteiger partial charge in [-0.05, 0) is 26.2 Å². The van der Waals surface area contributed by atoms with Crippen LogP contribution in [-0.2, 0) is 4.74 Å². The zero-order valence-electron chi connectivity index (χ0n) is 10.7. The number of halogens is 1. The fourth-order valence-corrected chi connectivity index (χ4v) is 1.68. The molecule has 0 aromatic carbocycles. The number of allylic oxidation sites excluding steroid dienone is 1. The molecule has 1 fully saturated rings. The van der Waals surface area contributed by atoms with Gasteiger partial charge in [-0.3, -0.25) is 4.99 Å². The maximum Gasteiger partial charge on any atom is 0.191 e. The highest BCUT2D eigenvalue weighted by Gasteiger charge is 2.15. The van der Waals surface area contributed by atoms with Crippen molar-refractivity contribution in [2.24, 2.45) is 4.99 Å². The Morgan fingerprint density at radius 1 is 1.47 bits per heavy atom. The molecule has 1 rings (SSSR count). The average molecular weight is 353 g/mol. The smallest absolute Gasteiger partial charge is 0.191 e. The van der Waals surface area contributed by atoms with Crippen LogP contribution in [0.2, 0.25) is 0 Å². The van der Waals surface area contributed by atoms with Gasteiger partial charge in [0.25, 0.3) is 0 Å². The van der Waals surface area contributed by atoms with E-state index in [1.807, 2.05) is 6.92 Å². The summed E-state index contributed by atoms with van der Waals surface area (Å²) in [7, 11) is 1.79. The number of hydrogen-bond donors (Lipinski definition) is 2. The Morgan fingerprint density at radius 2 is 2.29 bits per heavy atom. The number of nitrogens with one attached hydrogen (secondary N) is 2. The monoisotopic (exact) mass is 353 g/mol. The van der Waals surface area contributed by atoms with Crippen molar-refractivity contribution in [3.8, 4) is 0 Å². The summed E-state index contributed by atoms with van der Waals surface area (Å²) >= 11 is 0. The summed E-state index contributed by atoms with van der Waals surface area (Å²) in [6.07, 6.45) is 7.92. The zero-order valence-corrected chi connectivity index (χ0v) is 13.1. The van der Waals surface area contributed by atoms with E-state index in [1.54, 1.807) is 7.05 Å². The molecule has 1 unspecified atom stereocenters. The van der Waals surface area contributed by atoms with Gasteiger partial charge in [0, 0.05) is 26.7 Å². The van der Waals surface area contributed by atoms with Crippen molar-refractivity contribution in [2.45, 2.75) is 32.3 Å². The molecule has 0 radical (unpaired) electrons. The van der Waals surface area contributed by atoms with E-state index in [2.05, 4.69) is 27.8 Å². The lowest BCUT2D eigenvalue weighted by Crippen LogP contribution is -2.41. The summed E-state index contributed by atoms with van der Waals surface area (Å²) in [5.74, 6) is 0.861. The minimum absolute atomic E-state index is 0. The van der Waals surface area contributed by atoms with E-state index in [9.17, 15) is 0 Å². The lowest BCUT2D eigenvalue weighted by atomic mass is 10.2. The molecule has 1 aliphatic heterocycles. The van der Waals surface area contributed by atoms with Gasteiger partial charge in [0.2, 0.25) is 0 Å². The molecule has 0 aliphatic carbocycles. The van der Waals surface area contributed by atoms with Crippen LogP contribution in [0.3, 0.4) is 0 Å². The Morgan fingerprint density at radius 3 is 2.88 bits per heavy atom. The van der Waals surface area contributed by atoms with Gasteiger partial charge in [-0.15, -0.1) is 24.0 Å². The van der Waals surface area contributed by atoms with Crippen molar-refractivity contribution >= 4 is 29.9 Å². The molecule has 100 valence electrons. The second-order valence-corrected chi connectivity index (χ2v) is 3.87. The highest BCUT2D eigenvalue weighted by Crippen LogP contribution is 2.10. The Balaban J connectivity index is 0.00000256. The molecule has 17 heavy (non-hydrogen) atoms. The maximum atomic E-state index is 5.53. The first-order valence-electron chi connectivity index (χ1n) is 6.04. The largest absolute Gasteiger partial charge is 0.376 e. The van der Waals surface area contributed by atoms with E-state index in [4.69, 9.17) is 4.74 Å². The van der Waals surface area contributed by atoms with E-state index in [1.165, 1.54) is 6.42 Å². The Labute approximate surface area is 121 Å². The van der Waals surface area contributed by atoms with Crippen LogP contribution in [0, 0.1) is 0 Å². The molecular formula is C12H24IN3O. The Kier molecular flexibility index (Phi) is 10.6. The second-order valence-electron chi connectivity index (χ2n) is 3.87. The van der Waals surface area contributed by atoms with E-state index >= 15 is 0 Å². The van der Waals surface area contributed by atoms with E-state index in [-0.39, 0.29) is 24.0 Å². The molecular weight excluding hydrogens is 329 g/mol. The normalized spacial score (nSPS) is 20.4. The predicted octanol–water partition coefficient (Wildman–Crippen LogP) is 1.91. The molecule has 0 aromatic heterocycles. The molecule has 0 bridgehead atoms. The summed E-state index contributed by atoms with van der Waals surface area (Å²) in [5.41, 5.74) is 0. The van der Waals surface area contributed by atoms with Crippen molar-refractivity contribution in [3.63, 3.8) is 0 Å². The van der Waals surface area contributed by atoms with E-state index in [0.717, 1.165) is 38.5 Å². The topological polar surface area (TPSA) is 45.7 Å². The predicted molar refractivity (Wildman–Crippen MR) is 83.2 cm³/mol. The first kappa shape index (κ1) is 16.7. The number of rotatable bonds is 5. The third-order valence-corrected chi connectivity index (χ3v) is 2.58. The van der Waals surface area contributed by atoms with Crippen molar-refractivity contribution in [1.82, 2.24) is 10.6 Å². The lowest BCUT2D eigenvalue weighted by molar-refractivity contribution is 0.114. The van der Waals surface area contributed by atoms with Gasteiger partial charge < -0.3 is 15.4 Å². The van der Waals surface area contributed by atoms with Crippen LogP contribution in [0.15, 0.2) is 17.1 Å². The van der Waals surface area contributed by atoms with Gasteiger partial charge in [0.1, 0.15) is 0 Å². The molecule has 4 nitrogen and oxygen atoms in total. The first-order chi connectivity index (χ1) is 7.86. The van der Waals surface area contributed by atoms with Gasteiger partial charge in [-0.1, -0.05) is 12.2 Å². The van der Waals surface area contributed by atoms with Crippen molar-refractivity contribution < 1.29 is 4.74 Å². The third-order valence-electron chi connectivity index (χ3n) is 2.58. The van der Waals surface area contributed by atoms with Gasteiger partial charge >= 0.3 is 0 Å². The van der Waals surface area contributed by atoms with Gasteiger partial charge in [0.15, 0.2) is 5.96 Å².